The number of nitrogens with two attached hydrogens (primary N) is 1. The number of H-pyrrole nitrogens is 1. The highest BCUT2D eigenvalue weighted by atomic mass is 14.8. The first-order valence-electron chi connectivity index (χ1n) is 5.79. The zero-order valence-corrected chi connectivity index (χ0v) is 8.55. The summed E-state index contributed by atoms with van der Waals surface area (Å²) >= 11 is 0. The molecule has 1 saturated carbocycles. The molecule has 0 bridgehead atoms. The lowest BCUT2D eigenvalue weighted by Crippen LogP contribution is -2.02. The third-order valence-corrected chi connectivity index (χ3v) is 3.76. The number of aromatic amines is 1. The molecular formula is C12H18N2. The van der Waals surface area contributed by atoms with E-state index in [1.807, 2.05) is 0 Å². The van der Waals surface area contributed by atoms with Gasteiger partial charge >= 0.3 is 0 Å². The smallest absolute Gasteiger partial charge is 0.0187 e. The van der Waals surface area contributed by atoms with Crippen LogP contribution >= 0.6 is 0 Å². The molecule has 76 valence electrons. The molecular weight excluding hydrogens is 172 g/mol. The van der Waals surface area contributed by atoms with Gasteiger partial charge < -0.3 is 10.7 Å². The second-order valence-corrected chi connectivity index (χ2v) is 4.77. The molecule has 2 aliphatic rings. The molecule has 14 heavy (non-hydrogen) atoms. The van der Waals surface area contributed by atoms with Crippen molar-refractivity contribution in [3.05, 3.63) is 23.0 Å². The Kier molecular flexibility index (Phi) is 1.91. The van der Waals surface area contributed by atoms with Gasteiger partial charge in [0.2, 0.25) is 0 Å². The Morgan fingerprint density at radius 3 is 2.93 bits per heavy atom. The van der Waals surface area contributed by atoms with Crippen molar-refractivity contribution in [3.8, 4) is 0 Å². The summed E-state index contributed by atoms with van der Waals surface area (Å²) in [4.78, 5) is 3.60. The summed E-state index contributed by atoms with van der Waals surface area (Å²) in [6.07, 6.45) is 6.57. The van der Waals surface area contributed by atoms with Crippen LogP contribution in [0.3, 0.4) is 0 Å². The highest BCUT2D eigenvalue weighted by molar-refractivity contribution is 5.32. The molecule has 1 aromatic heterocycles. The summed E-state index contributed by atoms with van der Waals surface area (Å²) in [5, 5.41) is 0. The van der Waals surface area contributed by atoms with Gasteiger partial charge in [0, 0.05) is 17.3 Å². The van der Waals surface area contributed by atoms with Gasteiger partial charge in [0.05, 0.1) is 0 Å². The average Bonchev–Trinajstić information content (AvgIpc) is 2.89. The van der Waals surface area contributed by atoms with Crippen LogP contribution in [0.5, 0.6) is 0 Å². The molecule has 0 radical (unpaired) electrons. The summed E-state index contributed by atoms with van der Waals surface area (Å²) in [7, 11) is 0. The lowest BCUT2D eigenvalue weighted by molar-refractivity contribution is 0.676. The van der Waals surface area contributed by atoms with Crippen LogP contribution in [0.25, 0.3) is 0 Å². The van der Waals surface area contributed by atoms with Crippen LogP contribution in [0.15, 0.2) is 6.07 Å². The van der Waals surface area contributed by atoms with Gasteiger partial charge in [0.15, 0.2) is 0 Å². The molecule has 2 aliphatic carbocycles. The minimum absolute atomic E-state index is 0.755. The van der Waals surface area contributed by atoms with E-state index < -0.39 is 0 Å². The molecule has 3 rings (SSSR count). The Balaban J connectivity index is 1.83. The van der Waals surface area contributed by atoms with Crippen molar-refractivity contribution in [2.45, 2.75) is 38.0 Å². The van der Waals surface area contributed by atoms with Crippen LogP contribution in [0, 0.1) is 5.92 Å². The fraction of sp³-hybridized carbons (Fsp3) is 0.667. The van der Waals surface area contributed by atoms with Crippen molar-refractivity contribution in [3.63, 3.8) is 0 Å². The monoisotopic (exact) mass is 190 g/mol. The number of nitrogens with one attached hydrogen (secondary N) is 1. The standard InChI is InChI=1S/C12H18N2/c13-7-9-5-10(9)12-6-8-3-1-2-4-11(8)14-12/h6,9-10,14H,1-5,7,13H2. The Hall–Kier alpha value is -0.760. The number of aromatic nitrogens is 1. The fourth-order valence-electron chi connectivity index (χ4n) is 2.72. The maximum Gasteiger partial charge on any atom is 0.0187 e. The van der Waals surface area contributed by atoms with Crippen LogP contribution in [0.1, 0.15) is 42.1 Å². The van der Waals surface area contributed by atoms with Gasteiger partial charge in [0.1, 0.15) is 0 Å². The molecule has 0 amide bonds. The lowest BCUT2D eigenvalue weighted by Gasteiger charge is -2.09. The molecule has 0 aromatic carbocycles. The topological polar surface area (TPSA) is 41.8 Å². The van der Waals surface area contributed by atoms with E-state index in [1.54, 1.807) is 5.56 Å². The summed E-state index contributed by atoms with van der Waals surface area (Å²) in [6.45, 7) is 0.856. The van der Waals surface area contributed by atoms with Crippen molar-refractivity contribution < 1.29 is 0 Å². The molecule has 2 heteroatoms. The Bertz CT molecular complexity index is 317. The van der Waals surface area contributed by atoms with Crippen molar-refractivity contribution in [2.75, 3.05) is 6.54 Å². The van der Waals surface area contributed by atoms with Crippen LogP contribution in [-0.4, -0.2) is 11.5 Å². The van der Waals surface area contributed by atoms with Crippen molar-refractivity contribution >= 4 is 0 Å². The third-order valence-electron chi connectivity index (χ3n) is 3.76. The average molecular weight is 190 g/mol. The van der Waals surface area contributed by atoms with Gasteiger partial charge in [0.25, 0.3) is 0 Å². The van der Waals surface area contributed by atoms with E-state index in [9.17, 15) is 0 Å². The van der Waals surface area contributed by atoms with Gasteiger partial charge in [-0.1, -0.05) is 0 Å². The van der Waals surface area contributed by atoms with E-state index in [0.717, 1.165) is 18.4 Å². The molecule has 3 N–H and O–H groups in total. The molecule has 0 aliphatic heterocycles. The number of hydrogen-bond acceptors (Lipinski definition) is 1. The van der Waals surface area contributed by atoms with E-state index in [0.29, 0.717) is 0 Å². The highest BCUT2D eigenvalue weighted by Gasteiger charge is 2.38. The quantitative estimate of drug-likeness (QED) is 0.735. The largest absolute Gasteiger partial charge is 0.362 e. The molecule has 1 heterocycles. The maximum atomic E-state index is 5.67. The van der Waals surface area contributed by atoms with Crippen molar-refractivity contribution in [1.82, 2.24) is 4.98 Å². The third kappa shape index (κ3) is 1.29. The lowest BCUT2D eigenvalue weighted by atomic mass is 9.98. The summed E-state index contributed by atoms with van der Waals surface area (Å²) in [5.41, 5.74) is 10.2. The van der Waals surface area contributed by atoms with E-state index in [1.165, 1.54) is 43.5 Å². The minimum Gasteiger partial charge on any atom is -0.362 e. The zero-order chi connectivity index (χ0) is 9.54. The second-order valence-electron chi connectivity index (χ2n) is 4.77. The van der Waals surface area contributed by atoms with E-state index in [-0.39, 0.29) is 0 Å². The number of hydrogen-bond donors (Lipinski definition) is 2. The van der Waals surface area contributed by atoms with Gasteiger partial charge in [-0.2, -0.15) is 0 Å². The normalized spacial score (nSPS) is 30.1. The van der Waals surface area contributed by atoms with E-state index >= 15 is 0 Å². The first kappa shape index (κ1) is 8.54. The van der Waals surface area contributed by atoms with Crippen LogP contribution < -0.4 is 5.73 Å². The van der Waals surface area contributed by atoms with Crippen LogP contribution in [-0.2, 0) is 12.8 Å². The van der Waals surface area contributed by atoms with Gasteiger partial charge in [-0.3, -0.25) is 0 Å². The fourth-order valence-corrected chi connectivity index (χ4v) is 2.72. The minimum atomic E-state index is 0.755. The van der Waals surface area contributed by atoms with Gasteiger partial charge in [-0.05, 0) is 56.2 Å². The van der Waals surface area contributed by atoms with Crippen LogP contribution in [0.2, 0.25) is 0 Å². The Morgan fingerprint density at radius 1 is 1.36 bits per heavy atom. The molecule has 2 atom stereocenters. The molecule has 0 saturated heterocycles. The molecule has 1 aromatic rings. The number of aryl methyl sites for hydroxylation is 2. The second kappa shape index (κ2) is 3.13. The van der Waals surface area contributed by atoms with Gasteiger partial charge in [-0.25, -0.2) is 0 Å². The first-order chi connectivity index (χ1) is 6.88. The summed E-state index contributed by atoms with van der Waals surface area (Å²) < 4.78 is 0. The van der Waals surface area contributed by atoms with Crippen LogP contribution in [0.4, 0.5) is 0 Å². The summed E-state index contributed by atoms with van der Waals surface area (Å²) in [5.74, 6) is 1.51. The van der Waals surface area contributed by atoms with Crippen molar-refractivity contribution in [2.24, 2.45) is 11.7 Å². The van der Waals surface area contributed by atoms with Crippen molar-refractivity contribution in [1.29, 1.82) is 0 Å². The predicted molar refractivity (Wildman–Crippen MR) is 57.3 cm³/mol. The maximum absolute atomic E-state index is 5.67. The molecule has 1 fully saturated rings. The van der Waals surface area contributed by atoms with E-state index in [4.69, 9.17) is 5.73 Å². The molecule has 0 spiro atoms. The predicted octanol–water partition coefficient (Wildman–Crippen LogP) is 1.96. The highest BCUT2D eigenvalue weighted by Crippen LogP contribution is 2.46. The number of rotatable bonds is 2. The zero-order valence-electron chi connectivity index (χ0n) is 8.55. The number of fused-ring (bicyclic) bond motifs is 1. The molecule has 2 unspecified atom stereocenters. The van der Waals surface area contributed by atoms with E-state index in [2.05, 4.69) is 11.1 Å². The SMILES string of the molecule is NCC1CC1c1cc2c([nH]1)CCCC2. The molecule has 2 nitrogen and oxygen atoms in total. The van der Waals surface area contributed by atoms with Gasteiger partial charge in [-0.15, -0.1) is 0 Å². The first-order valence-corrected chi connectivity index (χ1v) is 5.79. The summed E-state index contributed by atoms with van der Waals surface area (Å²) in [6, 6.07) is 2.40. The Morgan fingerprint density at radius 2 is 2.21 bits per heavy atom. The Labute approximate surface area is 84.9 Å².